The van der Waals surface area contributed by atoms with Crippen LogP contribution in [-0.2, 0) is 0 Å². The molecular weight excluding hydrogens is 324 g/mol. The molecule has 4 rings (SSSR count). The van der Waals surface area contributed by atoms with E-state index in [-0.39, 0.29) is 17.0 Å². The number of benzene rings is 1. The molecule has 0 spiro atoms. The summed E-state index contributed by atoms with van der Waals surface area (Å²) in [5.41, 5.74) is 3.41. The molecule has 0 aliphatic carbocycles. The number of nitrogens with zero attached hydrogens (tertiary/aromatic N) is 2. The van der Waals surface area contributed by atoms with Gasteiger partial charge in [-0.05, 0) is 19.1 Å². The number of para-hydroxylation sites is 1. The first-order valence-electron chi connectivity index (χ1n) is 6.02. The molecule has 0 N–H and O–H groups in total. The third-order valence-electron chi connectivity index (χ3n) is 3.38. The van der Waals surface area contributed by atoms with Crippen LogP contribution in [0.15, 0.2) is 44.8 Å². The normalized spacial score (nSPS) is 17.7. The molecule has 0 amide bonds. The molecule has 1 aromatic carbocycles. The van der Waals surface area contributed by atoms with Crippen LogP contribution in [0.4, 0.5) is 0 Å². The van der Waals surface area contributed by atoms with E-state index in [4.69, 9.17) is 4.42 Å². The topological polar surface area (TPSA) is 28.7 Å². The van der Waals surface area contributed by atoms with E-state index in [0.717, 1.165) is 29.2 Å². The third-order valence-corrected chi connectivity index (χ3v) is 4.42. The van der Waals surface area contributed by atoms with Crippen molar-refractivity contribution in [2.24, 2.45) is 4.99 Å². The second-order valence-corrected chi connectivity index (χ2v) is 5.65. The quantitative estimate of drug-likeness (QED) is 0.784. The van der Waals surface area contributed by atoms with Crippen molar-refractivity contribution in [2.45, 2.75) is 6.92 Å². The Hall–Kier alpha value is -1.20. The molecule has 2 aliphatic heterocycles. The van der Waals surface area contributed by atoms with Crippen LogP contribution >= 0.6 is 28.7 Å². The lowest BCUT2D eigenvalue weighted by Crippen LogP contribution is -2.20. The Bertz CT molecular complexity index is 704. The molecule has 2 aliphatic rings. The van der Waals surface area contributed by atoms with Crippen LogP contribution < -0.4 is 0 Å². The first-order chi connectivity index (χ1) is 8.84. The predicted molar refractivity (Wildman–Crippen MR) is 85.7 cm³/mol. The number of allylic oxidation sites excluding steroid dienone is 1. The summed E-state index contributed by atoms with van der Waals surface area (Å²) in [6.07, 6.45) is 1.76. The molecule has 98 valence electrons. The molecule has 5 heteroatoms. The highest BCUT2D eigenvalue weighted by Gasteiger charge is 2.32. The predicted octanol–water partition coefficient (Wildman–Crippen LogP) is 4.12. The van der Waals surface area contributed by atoms with Crippen molar-refractivity contribution in [3.8, 4) is 0 Å². The van der Waals surface area contributed by atoms with E-state index in [1.54, 1.807) is 18.0 Å². The number of hydrogen-bond acceptors (Lipinski definition) is 4. The smallest absolute Gasteiger partial charge is 0.168 e. The van der Waals surface area contributed by atoms with Gasteiger partial charge in [0.15, 0.2) is 5.17 Å². The number of halogens is 1. The van der Waals surface area contributed by atoms with E-state index in [1.165, 1.54) is 16.2 Å². The van der Waals surface area contributed by atoms with Gasteiger partial charge in [-0.25, -0.2) is 0 Å². The van der Waals surface area contributed by atoms with Crippen LogP contribution in [0.5, 0.6) is 0 Å². The van der Waals surface area contributed by atoms with E-state index < -0.39 is 0 Å². The summed E-state index contributed by atoms with van der Waals surface area (Å²) in [4.78, 5) is 8.13. The van der Waals surface area contributed by atoms with Gasteiger partial charge in [0.05, 0.1) is 18.5 Å². The molecule has 0 atom stereocenters. The largest absolute Gasteiger partial charge is 0.464 e. The lowest BCUT2D eigenvalue weighted by atomic mass is 10.1. The van der Waals surface area contributed by atoms with E-state index in [2.05, 4.69) is 35.0 Å². The molecule has 1 aromatic heterocycles. The van der Waals surface area contributed by atoms with Crippen LogP contribution in [0.1, 0.15) is 12.5 Å². The van der Waals surface area contributed by atoms with Crippen molar-refractivity contribution in [1.29, 1.82) is 0 Å². The van der Waals surface area contributed by atoms with E-state index >= 15 is 0 Å². The van der Waals surface area contributed by atoms with E-state index in [1.807, 2.05) is 6.07 Å². The van der Waals surface area contributed by atoms with Crippen molar-refractivity contribution in [1.82, 2.24) is 4.90 Å². The molecule has 3 nitrogen and oxygen atoms in total. The lowest BCUT2D eigenvalue weighted by molar-refractivity contribution is 0.608. The van der Waals surface area contributed by atoms with Crippen molar-refractivity contribution in [2.75, 3.05) is 13.1 Å². The van der Waals surface area contributed by atoms with E-state index in [0.29, 0.717) is 0 Å². The van der Waals surface area contributed by atoms with Gasteiger partial charge in [0.25, 0.3) is 0 Å². The van der Waals surface area contributed by atoms with Crippen LogP contribution in [-0.4, -0.2) is 23.2 Å². The van der Waals surface area contributed by atoms with Gasteiger partial charge in [-0.1, -0.05) is 23.9 Å². The van der Waals surface area contributed by atoms with Crippen LogP contribution in [0, 0.1) is 0 Å². The molecule has 2 aromatic rings. The minimum absolute atomic E-state index is 0. The molecular formula is C14H13BrN2OS. The summed E-state index contributed by atoms with van der Waals surface area (Å²) in [5.74, 6) is 0. The number of aliphatic imine (C=N–C) groups is 1. The van der Waals surface area contributed by atoms with Crippen LogP contribution in [0.3, 0.4) is 0 Å². The Morgan fingerprint density at radius 2 is 2.21 bits per heavy atom. The maximum Gasteiger partial charge on any atom is 0.168 e. The number of amidine groups is 1. The summed E-state index contributed by atoms with van der Waals surface area (Å²) in [5, 5.41) is 2.29. The highest BCUT2D eigenvalue weighted by atomic mass is 79.9. The van der Waals surface area contributed by atoms with Crippen molar-refractivity contribution < 1.29 is 4.42 Å². The molecule has 19 heavy (non-hydrogen) atoms. The summed E-state index contributed by atoms with van der Waals surface area (Å²) < 4.78 is 5.65. The van der Waals surface area contributed by atoms with Gasteiger partial charge in [-0.3, -0.25) is 4.99 Å². The molecule has 0 fully saturated rings. The zero-order chi connectivity index (χ0) is 12.1. The van der Waals surface area contributed by atoms with Gasteiger partial charge in [-0.15, -0.1) is 17.0 Å². The number of thioether (sulfide) groups is 1. The van der Waals surface area contributed by atoms with Crippen molar-refractivity contribution >= 4 is 50.6 Å². The fraction of sp³-hybridized carbons (Fsp3) is 0.214. The summed E-state index contributed by atoms with van der Waals surface area (Å²) >= 11 is 1.76. The number of fused-ring (bicyclic) bond motifs is 2. The average Bonchev–Trinajstić information content (AvgIpc) is 3.02. The zero-order valence-electron chi connectivity index (χ0n) is 10.4. The average molecular weight is 337 g/mol. The SMILES string of the molecule is Br.CC1=C(c2cccc3ccoc23)N2CCN=C2S1. The molecule has 3 heterocycles. The molecule has 0 unspecified atom stereocenters. The minimum Gasteiger partial charge on any atom is -0.464 e. The Labute approximate surface area is 126 Å². The standard InChI is InChI=1S/C14H12N2OS.BrH/c1-9-12(16-7-6-15-14(16)18-9)11-4-2-3-10-5-8-17-13(10)11;/h2-5,8H,6-7H2,1H3;1H. The maximum absolute atomic E-state index is 5.65. The molecule has 0 saturated carbocycles. The maximum atomic E-state index is 5.65. The first kappa shape index (κ1) is 12.8. The summed E-state index contributed by atoms with van der Waals surface area (Å²) in [7, 11) is 0. The Morgan fingerprint density at radius 1 is 1.32 bits per heavy atom. The van der Waals surface area contributed by atoms with Crippen LogP contribution in [0.2, 0.25) is 0 Å². The molecule has 0 bridgehead atoms. The third kappa shape index (κ3) is 1.83. The first-order valence-corrected chi connectivity index (χ1v) is 6.83. The van der Waals surface area contributed by atoms with Gasteiger partial charge in [0, 0.05) is 22.4 Å². The monoisotopic (exact) mass is 336 g/mol. The highest BCUT2D eigenvalue weighted by molar-refractivity contribution is 8.93. The van der Waals surface area contributed by atoms with Crippen molar-refractivity contribution in [3.05, 3.63) is 41.0 Å². The summed E-state index contributed by atoms with van der Waals surface area (Å²) in [6, 6.07) is 8.31. The minimum atomic E-state index is 0. The summed E-state index contributed by atoms with van der Waals surface area (Å²) in [6.45, 7) is 4.03. The molecule has 0 radical (unpaired) electrons. The van der Waals surface area contributed by atoms with Crippen molar-refractivity contribution in [3.63, 3.8) is 0 Å². The Morgan fingerprint density at radius 3 is 3.11 bits per heavy atom. The zero-order valence-corrected chi connectivity index (χ0v) is 12.9. The Kier molecular flexibility index (Phi) is 3.19. The lowest BCUT2D eigenvalue weighted by Gasteiger charge is -2.17. The fourth-order valence-corrected chi connectivity index (χ4v) is 3.65. The second-order valence-electron chi connectivity index (χ2n) is 4.47. The van der Waals surface area contributed by atoms with Crippen LogP contribution in [0.25, 0.3) is 16.7 Å². The molecule has 0 saturated heterocycles. The number of rotatable bonds is 1. The van der Waals surface area contributed by atoms with E-state index in [9.17, 15) is 0 Å². The number of furan rings is 1. The van der Waals surface area contributed by atoms with Gasteiger partial charge < -0.3 is 9.32 Å². The number of hydrogen-bond donors (Lipinski definition) is 0. The van der Waals surface area contributed by atoms with Gasteiger partial charge >= 0.3 is 0 Å². The fourth-order valence-electron chi connectivity index (χ4n) is 2.61. The van der Waals surface area contributed by atoms with Gasteiger partial charge in [0.2, 0.25) is 0 Å². The highest BCUT2D eigenvalue weighted by Crippen LogP contribution is 2.43. The Balaban J connectivity index is 0.00000110. The van der Waals surface area contributed by atoms with Gasteiger partial charge in [0.1, 0.15) is 5.58 Å². The van der Waals surface area contributed by atoms with Gasteiger partial charge in [-0.2, -0.15) is 0 Å². The second kappa shape index (κ2) is 4.72.